The monoisotopic (exact) mass is 330 g/mol. The largest absolute Gasteiger partial charge is 0.352 e. The van der Waals surface area contributed by atoms with Crippen molar-refractivity contribution < 1.29 is 8.42 Å². The van der Waals surface area contributed by atoms with Crippen molar-refractivity contribution in [3.05, 3.63) is 54.1 Å². The zero-order chi connectivity index (χ0) is 16.4. The third-order valence-corrected chi connectivity index (χ3v) is 4.85. The predicted octanol–water partition coefficient (Wildman–Crippen LogP) is 2.57. The highest BCUT2D eigenvalue weighted by Crippen LogP contribution is 2.18. The Morgan fingerprint density at radius 3 is 2.48 bits per heavy atom. The van der Waals surface area contributed by atoms with Crippen LogP contribution in [-0.4, -0.2) is 31.7 Å². The third kappa shape index (κ3) is 3.45. The number of aromatic amines is 1. The summed E-state index contributed by atoms with van der Waals surface area (Å²) < 4.78 is 24.3. The second-order valence-corrected chi connectivity index (χ2v) is 7.37. The van der Waals surface area contributed by atoms with Crippen molar-refractivity contribution in [3.8, 4) is 0 Å². The SMILES string of the molecule is CN(c1ccc(CNc2nc3ccccc3[nH]2)cc1)S(C)(=O)=O. The van der Waals surface area contributed by atoms with Gasteiger partial charge in [-0.3, -0.25) is 4.31 Å². The number of imidazole rings is 1. The highest BCUT2D eigenvalue weighted by Gasteiger charge is 2.11. The molecule has 2 N–H and O–H groups in total. The Bertz CT molecular complexity index is 884. The summed E-state index contributed by atoms with van der Waals surface area (Å²) in [5.74, 6) is 0.712. The maximum atomic E-state index is 11.5. The third-order valence-electron chi connectivity index (χ3n) is 3.65. The van der Waals surface area contributed by atoms with Crippen LogP contribution < -0.4 is 9.62 Å². The molecule has 6 nitrogen and oxygen atoms in total. The first kappa shape index (κ1) is 15.4. The lowest BCUT2D eigenvalue weighted by Crippen LogP contribution is -2.24. The van der Waals surface area contributed by atoms with Crippen LogP contribution in [0.3, 0.4) is 0 Å². The number of nitrogens with one attached hydrogen (secondary N) is 2. The molecule has 0 aliphatic carbocycles. The second-order valence-electron chi connectivity index (χ2n) is 5.35. The van der Waals surface area contributed by atoms with E-state index >= 15 is 0 Å². The van der Waals surface area contributed by atoms with Gasteiger partial charge in [-0.1, -0.05) is 24.3 Å². The lowest BCUT2D eigenvalue weighted by atomic mass is 10.2. The molecule has 1 aromatic heterocycles. The molecule has 1 heterocycles. The fourth-order valence-electron chi connectivity index (χ4n) is 2.24. The molecule has 2 aromatic carbocycles. The number of sulfonamides is 1. The lowest BCUT2D eigenvalue weighted by Gasteiger charge is -2.16. The average molecular weight is 330 g/mol. The van der Waals surface area contributed by atoms with Crippen molar-refractivity contribution in [1.29, 1.82) is 0 Å². The number of nitrogens with zero attached hydrogens (tertiary/aromatic N) is 2. The summed E-state index contributed by atoms with van der Waals surface area (Å²) in [6.07, 6.45) is 1.18. The van der Waals surface area contributed by atoms with Crippen molar-refractivity contribution in [2.24, 2.45) is 0 Å². The molecular weight excluding hydrogens is 312 g/mol. The van der Waals surface area contributed by atoms with Gasteiger partial charge in [-0.2, -0.15) is 0 Å². The fraction of sp³-hybridized carbons (Fsp3) is 0.188. The van der Waals surface area contributed by atoms with E-state index in [0.29, 0.717) is 18.2 Å². The van der Waals surface area contributed by atoms with Gasteiger partial charge >= 0.3 is 0 Å². The molecule has 120 valence electrons. The molecule has 0 saturated carbocycles. The zero-order valence-electron chi connectivity index (χ0n) is 12.9. The highest BCUT2D eigenvalue weighted by molar-refractivity contribution is 7.92. The first-order valence-corrected chi connectivity index (χ1v) is 9.00. The van der Waals surface area contributed by atoms with Crippen molar-refractivity contribution in [2.45, 2.75) is 6.54 Å². The number of hydrogen-bond donors (Lipinski definition) is 2. The number of hydrogen-bond acceptors (Lipinski definition) is 4. The number of anilines is 2. The number of aromatic nitrogens is 2. The number of H-pyrrole nitrogens is 1. The van der Waals surface area contributed by atoms with Gasteiger partial charge in [-0.05, 0) is 29.8 Å². The Balaban J connectivity index is 1.69. The number of para-hydroxylation sites is 2. The number of rotatable bonds is 5. The van der Waals surface area contributed by atoms with Gasteiger partial charge in [-0.15, -0.1) is 0 Å². The molecule has 0 spiro atoms. The molecule has 3 aromatic rings. The zero-order valence-corrected chi connectivity index (χ0v) is 13.8. The summed E-state index contributed by atoms with van der Waals surface area (Å²) in [5.41, 5.74) is 3.58. The Labute approximate surface area is 135 Å². The summed E-state index contributed by atoms with van der Waals surface area (Å²) >= 11 is 0. The average Bonchev–Trinajstić information content (AvgIpc) is 2.95. The van der Waals surface area contributed by atoms with E-state index in [1.165, 1.54) is 17.6 Å². The van der Waals surface area contributed by atoms with Gasteiger partial charge in [0, 0.05) is 13.6 Å². The molecule has 0 atom stereocenters. The first-order valence-electron chi connectivity index (χ1n) is 7.15. The van der Waals surface area contributed by atoms with Crippen LogP contribution in [0.25, 0.3) is 11.0 Å². The van der Waals surface area contributed by atoms with Crippen LogP contribution in [-0.2, 0) is 16.6 Å². The number of benzene rings is 2. The Hall–Kier alpha value is -2.54. The molecule has 0 saturated heterocycles. The van der Waals surface area contributed by atoms with E-state index in [1.54, 1.807) is 12.1 Å². The Kier molecular flexibility index (Phi) is 3.96. The summed E-state index contributed by atoms with van der Waals surface area (Å²) in [6.45, 7) is 0.600. The molecule has 0 amide bonds. The van der Waals surface area contributed by atoms with Crippen LogP contribution in [0.2, 0.25) is 0 Å². The van der Waals surface area contributed by atoms with E-state index in [-0.39, 0.29) is 0 Å². The second kappa shape index (κ2) is 5.92. The summed E-state index contributed by atoms with van der Waals surface area (Å²) in [7, 11) is -1.70. The summed E-state index contributed by atoms with van der Waals surface area (Å²) in [4.78, 5) is 7.66. The molecule has 0 fully saturated rings. The maximum Gasteiger partial charge on any atom is 0.231 e. The molecule has 0 bridgehead atoms. The van der Waals surface area contributed by atoms with Crippen molar-refractivity contribution in [1.82, 2.24) is 9.97 Å². The molecule has 0 unspecified atom stereocenters. The minimum absolute atomic E-state index is 0.600. The van der Waals surface area contributed by atoms with Crippen molar-refractivity contribution in [3.63, 3.8) is 0 Å². The highest BCUT2D eigenvalue weighted by atomic mass is 32.2. The fourth-order valence-corrected chi connectivity index (χ4v) is 2.74. The van der Waals surface area contributed by atoms with Gasteiger partial charge in [0.2, 0.25) is 16.0 Å². The lowest BCUT2D eigenvalue weighted by molar-refractivity contribution is 0.600. The quantitative estimate of drug-likeness (QED) is 0.754. The Morgan fingerprint density at radius 1 is 1.13 bits per heavy atom. The first-order chi connectivity index (χ1) is 10.9. The van der Waals surface area contributed by atoms with E-state index in [9.17, 15) is 8.42 Å². The van der Waals surface area contributed by atoms with E-state index in [0.717, 1.165) is 16.6 Å². The summed E-state index contributed by atoms with van der Waals surface area (Å²) in [6, 6.07) is 15.2. The van der Waals surface area contributed by atoms with Crippen LogP contribution in [0.4, 0.5) is 11.6 Å². The van der Waals surface area contributed by atoms with Crippen LogP contribution in [0.5, 0.6) is 0 Å². The van der Waals surface area contributed by atoms with Gasteiger partial charge in [0.05, 0.1) is 23.0 Å². The van der Waals surface area contributed by atoms with Crippen LogP contribution in [0, 0.1) is 0 Å². The van der Waals surface area contributed by atoms with E-state index < -0.39 is 10.0 Å². The van der Waals surface area contributed by atoms with Gasteiger partial charge in [0.15, 0.2) is 0 Å². The van der Waals surface area contributed by atoms with Gasteiger partial charge < -0.3 is 10.3 Å². The molecule has 3 rings (SSSR count). The van der Waals surface area contributed by atoms with E-state index in [2.05, 4.69) is 15.3 Å². The Morgan fingerprint density at radius 2 is 1.83 bits per heavy atom. The molecule has 0 aliphatic rings. The van der Waals surface area contributed by atoms with Crippen molar-refractivity contribution in [2.75, 3.05) is 22.9 Å². The van der Waals surface area contributed by atoms with Crippen LogP contribution >= 0.6 is 0 Å². The summed E-state index contributed by atoms with van der Waals surface area (Å²) in [5, 5.41) is 3.23. The van der Waals surface area contributed by atoms with Crippen molar-refractivity contribution >= 4 is 32.7 Å². The smallest absolute Gasteiger partial charge is 0.231 e. The minimum atomic E-state index is -3.24. The normalized spacial score (nSPS) is 11.6. The minimum Gasteiger partial charge on any atom is -0.352 e. The molecule has 0 radical (unpaired) electrons. The molecule has 23 heavy (non-hydrogen) atoms. The molecule has 0 aliphatic heterocycles. The van der Waals surface area contributed by atoms with E-state index in [4.69, 9.17) is 0 Å². The standard InChI is InChI=1S/C16H18N4O2S/c1-20(23(2,21)22)13-9-7-12(8-10-13)11-17-16-18-14-5-3-4-6-15(14)19-16/h3-10H,11H2,1-2H3,(H2,17,18,19). The molecule has 7 heteroatoms. The topological polar surface area (TPSA) is 78.1 Å². The predicted molar refractivity (Wildman–Crippen MR) is 93.1 cm³/mol. The van der Waals surface area contributed by atoms with Crippen LogP contribution in [0.1, 0.15) is 5.56 Å². The molecular formula is C16H18N4O2S. The van der Waals surface area contributed by atoms with Gasteiger partial charge in [0.1, 0.15) is 0 Å². The van der Waals surface area contributed by atoms with Gasteiger partial charge in [-0.25, -0.2) is 13.4 Å². The van der Waals surface area contributed by atoms with Crippen LogP contribution in [0.15, 0.2) is 48.5 Å². The van der Waals surface area contributed by atoms with E-state index in [1.807, 2.05) is 36.4 Å². The van der Waals surface area contributed by atoms with Gasteiger partial charge in [0.25, 0.3) is 0 Å². The maximum absolute atomic E-state index is 11.5. The number of fused-ring (bicyclic) bond motifs is 1.